The average molecular weight is 316 g/mol. The first-order valence-corrected chi connectivity index (χ1v) is 8.65. The molecule has 0 saturated carbocycles. The predicted molar refractivity (Wildman–Crippen MR) is 94.1 cm³/mol. The SMILES string of the molecule is COc1ccc(C(CNC2=NCCN2C)N2CCCCC2)cc1. The van der Waals surface area contributed by atoms with E-state index in [1.54, 1.807) is 7.11 Å². The van der Waals surface area contributed by atoms with Crippen LogP contribution >= 0.6 is 0 Å². The molecule has 0 aromatic heterocycles. The van der Waals surface area contributed by atoms with E-state index in [0.29, 0.717) is 6.04 Å². The van der Waals surface area contributed by atoms with E-state index in [0.717, 1.165) is 31.3 Å². The number of nitrogens with one attached hydrogen (secondary N) is 1. The monoisotopic (exact) mass is 316 g/mol. The molecule has 2 aliphatic heterocycles. The summed E-state index contributed by atoms with van der Waals surface area (Å²) < 4.78 is 5.29. The summed E-state index contributed by atoms with van der Waals surface area (Å²) in [6.07, 6.45) is 3.95. The summed E-state index contributed by atoms with van der Waals surface area (Å²) in [6, 6.07) is 8.90. The second kappa shape index (κ2) is 7.68. The van der Waals surface area contributed by atoms with Gasteiger partial charge in [0.15, 0.2) is 5.96 Å². The van der Waals surface area contributed by atoms with Crippen LogP contribution in [0.25, 0.3) is 0 Å². The van der Waals surface area contributed by atoms with Crippen molar-refractivity contribution in [3.8, 4) is 5.75 Å². The van der Waals surface area contributed by atoms with Gasteiger partial charge in [0.25, 0.3) is 0 Å². The fraction of sp³-hybridized carbons (Fsp3) is 0.611. The Kier molecular flexibility index (Phi) is 5.39. The average Bonchev–Trinajstić information content (AvgIpc) is 3.02. The van der Waals surface area contributed by atoms with Crippen LogP contribution in [0.2, 0.25) is 0 Å². The molecule has 0 bridgehead atoms. The van der Waals surface area contributed by atoms with Gasteiger partial charge in [-0.3, -0.25) is 9.89 Å². The molecule has 1 aromatic rings. The summed E-state index contributed by atoms with van der Waals surface area (Å²) in [5.74, 6) is 1.94. The molecule has 1 atom stereocenters. The topological polar surface area (TPSA) is 40.1 Å². The first kappa shape index (κ1) is 16.1. The molecule has 0 amide bonds. The number of hydrogen-bond acceptors (Lipinski definition) is 5. The maximum absolute atomic E-state index is 5.29. The van der Waals surface area contributed by atoms with E-state index < -0.39 is 0 Å². The van der Waals surface area contributed by atoms with Gasteiger partial charge >= 0.3 is 0 Å². The molecule has 3 rings (SSSR count). The number of hydrogen-bond donors (Lipinski definition) is 1. The van der Waals surface area contributed by atoms with Crippen molar-refractivity contribution in [1.29, 1.82) is 0 Å². The number of rotatable bonds is 5. The van der Waals surface area contributed by atoms with Gasteiger partial charge in [-0.05, 0) is 43.6 Å². The highest BCUT2D eigenvalue weighted by molar-refractivity contribution is 5.81. The van der Waals surface area contributed by atoms with Gasteiger partial charge in [0.1, 0.15) is 5.75 Å². The summed E-state index contributed by atoms with van der Waals surface area (Å²) >= 11 is 0. The van der Waals surface area contributed by atoms with E-state index in [4.69, 9.17) is 4.74 Å². The molecule has 1 N–H and O–H groups in total. The summed E-state index contributed by atoms with van der Waals surface area (Å²) in [6.45, 7) is 5.17. The smallest absolute Gasteiger partial charge is 0.193 e. The first-order valence-electron chi connectivity index (χ1n) is 8.65. The molecule has 2 heterocycles. The molecule has 1 fully saturated rings. The van der Waals surface area contributed by atoms with Gasteiger partial charge in [-0.25, -0.2) is 0 Å². The molecule has 0 aliphatic carbocycles. The molecule has 126 valence electrons. The highest BCUT2D eigenvalue weighted by Crippen LogP contribution is 2.26. The van der Waals surface area contributed by atoms with Gasteiger partial charge in [-0.2, -0.15) is 0 Å². The normalized spacial score (nSPS) is 20.3. The van der Waals surface area contributed by atoms with Crippen LogP contribution in [-0.4, -0.2) is 62.6 Å². The Labute approximate surface area is 139 Å². The van der Waals surface area contributed by atoms with Crippen LogP contribution in [0.5, 0.6) is 5.75 Å². The third-order valence-corrected chi connectivity index (χ3v) is 4.84. The summed E-state index contributed by atoms with van der Waals surface area (Å²) in [7, 11) is 3.81. The predicted octanol–water partition coefficient (Wildman–Crippen LogP) is 2.11. The van der Waals surface area contributed by atoms with Crippen LogP contribution in [-0.2, 0) is 0 Å². The zero-order valence-corrected chi connectivity index (χ0v) is 14.3. The van der Waals surface area contributed by atoms with Gasteiger partial charge < -0.3 is 15.0 Å². The maximum Gasteiger partial charge on any atom is 0.193 e. The summed E-state index contributed by atoms with van der Waals surface area (Å²) in [4.78, 5) is 9.35. The van der Waals surface area contributed by atoms with Crippen molar-refractivity contribution in [1.82, 2.24) is 15.1 Å². The Morgan fingerprint density at radius 2 is 1.87 bits per heavy atom. The van der Waals surface area contributed by atoms with Crippen LogP contribution in [0.3, 0.4) is 0 Å². The van der Waals surface area contributed by atoms with Crippen LogP contribution in [0.15, 0.2) is 29.3 Å². The summed E-state index contributed by atoms with van der Waals surface area (Å²) in [5, 5.41) is 3.56. The van der Waals surface area contributed by atoms with Crippen LogP contribution in [0.4, 0.5) is 0 Å². The Bertz CT molecular complexity index is 522. The fourth-order valence-corrected chi connectivity index (χ4v) is 3.43. The Hall–Kier alpha value is -1.75. The number of likely N-dealkylation sites (tertiary alicyclic amines) is 1. The van der Waals surface area contributed by atoms with Crippen molar-refractivity contribution < 1.29 is 4.74 Å². The van der Waals surface area contributed by atoms with Crippen molar-refractivity contribution in [2.24, 2.45) is 4.99 Å². The third kappa shape index (κ3) is 3.96. The molecule has 23 heavy (non-hydrogen) atoms. The molecule has 5 heteroatoms. The lowest BCUT2D eigenvalue weighted by Crippen LogP contribution is -2.43. The lowest BCUT2D eigenvalue weighted by molar-refractivity contribution is 0.163. The second-order valence-corrected chi connectivity index (χ2v) is 6.39. The molecule has 2 aliphatic rings. The molecular formula is C18H28N4O. The van der Waals surface area contributed by atoms with Crippen molar-refractivity contribution in [2.75, 3.05) is 46.9 Å². The van der Waals surface area contributed by atoms with Gasteiger partial charge in [0, 0.05) is 20.1 Å². The van der Waals surface area contributed by atoms with E-state index in [9.17, 15) is 0 Å². The lowest BCUT2D eigenvalue weighted by atomic mass is 10.0. The van der Waals surface area contributed by atoms with Crippen LogP contribution in [0, 0.1) is 0 Å². The molecule has 1 saturated heterocycles. The second-order valence-electron chi connectivity index (χ2n) is 6.39. The van der Waals surface area contributed by atoms with E-state index in [1.165, 1.54) is 37.9 Å². The highest BCUT2D eigenvalue weighted by atomic mass is 16.5. The van der Waals surface area contributed by atoms with E-state index in [-0.39, 0.29) is 0 Å². The number of nitrogens with zero attached hydrogens (tertiary/aromatic N) is 3. The minimum absolute atomic E-state index is 0.387. The molecule has 1 unspecified atom stereocenters. The number of benzene rings is 1. The lowest BCUT2D eigenvalue weighted by Gasteiger charge is -2.35. The number of methoxy groups -OCH3 is 1. The first-order chi connectivity index (χ1) is 11.3. The molecular weight excluding hydrogens is 288 g/mol. The zero-order chi connectivity index (χ0) is 16.1. The maximum atomic E-state index is 5.29. The quantitative estimate of drug-likeness (QED) is 0.903. The number of aliphatic imine (C=N–C) groups is 1. The summed E-state index contributed by atoms with van der Waals surface area (Å²) in [5.41, 5.74) is 1.35. The van der Waals surface area contributed by atoms with E-state index in [1.807, 2.05) is 0 Å². The molecule has 5 nitrogen and oxygen atoms in total. The number of likely N-dealkylation sites (N-methyl/N-ethyl adjacent to an activating group) is 1. The molecule has 0 radical (unpaired) electrons. The van der Waals surface area contributed by atoms with Crippen LogP contribution in [0.1, 0.15) is 30.9 Å². The van der Waals surface area contributed by atoms with Crippen molar-refractivity contribution in [3.05, 3.63) is 29.8 Å². The number of piperidine rings is 1. The van der Waals surface area contributed by atoms with Gasteiger partial charge in [-0.1, -0.05) is 18.6 Å². The van der Waals surface area contributed by atoms with E-state index >= 15 is 0 Å². The Morgan fingerprint density at radius 3 is 2.48 bits per heavy atom. The molecule has 0 spiro atoms. The largest absolute Gasteiger partial charge is 0.497 e. The zero-order valence-electron chi connectivity index (χ0n) is 14.3. The van der Waals surface area contributed by atoms with Gasteiger partial charge in [0.05, 0.1) is 19.7 Å². The van der Waals surface area contributed by atoms with Crippen molar-refractivity contribution >= 4 is 5.96 Å². The van der Waals surface area contributed by atoms with Gasteiger partial charge in [-0.15, -0.1) is 0 Å². The van der Waals surface area contributed by atoms with Crippen molar-refractivity contribution in [2.45, 2.75) is 25.3 Å². The Balaban J connectivity index is 1.72. The van der Waals surface area contributed by atoms with Gasteiger partial charge in [0.2, 0.25) is 0 Å². The van der Waals surface area contributed by atoms with Crippen molar-refractivity contribution in [3.63, 3.8) is 0 Å². The van der Waals surface area contributed by atoms with Crippen LogP contribution < -0.4 is 10.1 Å². The fourth-order valence-electron chi connectivity index (χ4n) is 3.43. The highest BCUT2D eigenvalue weighted by Gasteiger charge is 2.23. The minimum atomic E-state index is 0.387. The third-order valence-electron chi connectivity index (χ3n) is 4.84. The Morgan fingerprint density at radius 1 is 1.13 bits per heavy atom. The standard InChI is InChI=1S/C18H28N4O/c1-21-13-10-19-18(21)20-14-17(22-11-4-3-5-12-22)15-6-8-16(23-2)9-7-15/h6-9,17H,3-5,10-14H2,1-2H3,(H,19,20). The van der Waals surface area contributed by atoms with E-state index in [2.05, 4.69) is 51.4 Å². The number of ether oxygens (including phenoxy) is 1. The minimum Gasteiger partial charge on any atom is -0.497 e. The number of guanidine groups is 1. The molecule has 1 aromatic carbocycles.